The third kappa shape index (κ3) is 9.22. The summed E-state index contributed by atoms with van der Waals surface area (Å²) in [7, 11) is -1.35. The molecule has 7 heteroatoms. The van der Waals surface area contributed by atoms with E-state index in [1.165, 1.54) is 10.4 Å². The summed E-state index contributed by atoms with van der Waals surface area (Å²) in [4.78, 5) is 0. The van der Waals surface area contributed by atoms with Crippen molar-refractivity contribution < 1.29 is 46.5 Å². The Morgan fingerprint density at radius 3 is 1.19 bits per heavy atom. The Kier molecular flexibility index (Phi) is 17.7. The van der Waals surface area contributed by atoms with Gasteiger partial charge in [0.05, 0.1) is 0 Å². The summed E-state index contributed by atoms with van der Waals surface area (Å²) in [5, 5.41) is 4.54. The predicted molar refractivity (Wildman–Crippen MR) is 88.4 cm³/mol. The second-order valence-electron chi connectivity index (χ2n) is 5.00. The zero-order chi connectivity index (χ0) is 13.7. The molecule has 0 amide bonds. The van der Waals surface area contributed by atoms with Crippen LogP contribution in [0, 0.1) is 12.2 Å². The summed E-state index contributed by atoms with van der Waals surface area (Å²) in [5.41, 5.74) is 0. The van der Waals surface area contributed by atoms with Crippen molar-refractivity contribution in [2.75, 3.05) is 0 Å². The smallest absolute Gasteiger partial charge is 1.00 e. The number of hydrogen-bond donors (Lipinski definition) is 0. The van der Waals surface area contributed by atoms with Gasteiger partial charge >= 0.3 is 21.7 Å². The van der Waals surface area contributed by atoms with Crippen molar-refractivity contribution in [3.63, 3.8) is 0 Å². The van der Waals surface area contributed by atoms with Crippen LogP contribution in [0.15, 0.2) is 32.6 Å². The van der Waals surface area contributed by atoms with Crippen molar-refractivity contribution in [2.45, 2.75) is 39.0 Å². The molecule has 0 N–H and O–H groups in total. The van der Waals surface area contributed by atoms with E-state index in [1.54, 1.807) is 0 Å². The summed E-state index contributed by atoms with van der Waals surface area (Å²) in [6.07, 6.45) is 12.4. The van der Waals surface area contributed by atoms with Crippen molar-refractivity contribution in [1.82, 2.24) is 0 Å². The van der Waals surface area contributed by atoms with E-state index in [-0.39, 0.29) is 46.5 Å². The first-order valence-electron chi connectivity index (χ1n) is 6.37. The molecule has 0 radical (unpaired) electrons. The van der Waals surface area contributed by atoms with Crippen molar-refractivity contribution >= 4 is 40.8 Å². The molecule has 0 atom stereocenters. The van der Waals surface area contributed by atoms with Gasteiger partial charge in [0.15, 0.2) is 0 Å². The summed E-state index contributed by atoms with van der Waals surface area (Å²) in [6, 6.07) is 0. The molecule has 0 unspecified atom stereocenters. The fraction of sp³-hybridized carbons (Fsp3) is 0.429. The van der Waals surface area contributed by atoms with Gasteiger partial charge in [-0.2, -0.15) is 12.2 Å². The maximum Gasteiger partial charge on any atom is 4.00 e. The molecule has 21 heavy (non-hydrogen) atoms. The van der Waals surface area contributed by atoms with E-state index in [1.807, 2.05) is 12.2 Å². The van der Waals surface area contributed by atoms with Gasteiger partial charge in [0, 0.05) is 17.6 Å². The van der Waals surface area contributed by atoms with Gasteiger partial charge < -0.3 is 24.8 Å². The Bertz CT molecular complexity index is 387. The van der Waals surface area contributed by atoms with Gasteiger partial charge in [-0.05, 0) is 0 Å². The van der Waals surface area contributed by atoms with Crippen molar-refractivity contribution in [2.24, 2.45) is 0 Å². The monoisotopic (exact) mass is 432 g/mol. The summed E-state index contributed by atoms with van der Waals surface area (Å²) >= 11 is 11.7. The summed E-state index contributed by atoms with van der Waals surface area (Å²) in [5.74, 6) is 0. The molecular formula is C14H20Cl4Si2Ti. The van der Waals surface area contributed by atoms with E-state index >= 15 is 0 Å². The van der Waals surface area contributed by atoms with Crippen LogP contribution in [0.2, 0.25) is 26.2 Å². The van der Waals surface area contributed by atoms with Crippen molar-refractivity contribution in [3.05, 3.63) is 44.8 Å². The van der Waals surface area contributed by atoms with Gasteiger partial charge in [0.25, 0.3) is 0 Å². The van der Waals surface area contributed by atoms with Gasteiger partial charge in [0.1, 0.15) is 0 Å². The van der Waals surface area contributed by atoms with Crippen molar-refractivity contribution in [3.8, 4) is 0 Å². The Morgan fingerprint density at radius 2 is 1.10 bits per heavy atom. The third-order valence-corrected chi connectivity index (χ3v) is 7.24. The maximum atomic E-state index is 5.87. The van der Waals surface area contributed by atoms with Crippen LogP contribution in [0.4, 0.5) is 0 Å². The van der Waals surface area contributed by atoms with Crippen LogP contribution in [0.5, 0.6) is 0 Å². The molecule has 0 aromatic heterocycles. The molecule has 0 aliphatic heterocycles. The molecule has 0 aromatic rings. The van der Waals surface area contributed by atoms with Crippen LogP contribution in [-0.2, 0) is 21.7 Å². The standard InChI is InChI=1S/2C7H10ClSi.2ClH.Ti/c2*1-9(2)7-5-3-4-6(7)8;;;/h2*4,9H,3H2,1-2H3;2*1H;/q2*-1;;;+4/p-2. The second-order valence-corrected chi connectivity index (χ2v) is 11.6. The van der Waals surface area contributed by atoms with E-state index in [4.69, 9.17) is 23.2 Å². The Hall–Kier alpha value is 1.27. The zero-order valence-electron chi connectivity index (χ0n) is 12.7. The topological polar surface area (TPSA) is 0 Å². The molecule has 0 saturated carbocycles. The van der Waals surface area contributed by atoms with Gasteiger partial charge in [-0.15, -0.1) is 22.9 Å². The minimum Gasteiger partial charge on any atom is -1.00 e. The normalized spacial score (nSPS) is 15.6. The first-order chi connectivity index (χ1) is 8.43. The second kappa shape index (κ2) is 13.7. The van der Waals surface area contributed by atoms with Crippen LogP contribution in [0.1, 0.15) is 12.8 Å². The van der Waals surface area contributed by atoms with E-state index < -0.39 is 17.6 Å². The Morgan fingerprint density at radius 1 is 0.810 bits per heavy atom. The molecule has 2 rings (SSSR count). The average molecular weight is 434 g/mol. The molecule has 0 bridgehead atoms. The van der Waals surface area contributed by atoms with Gasteiger partial charge in [-0.3, -0.25) is 12.2 Å². The first kappa shape index (κ1) is 27.1. The third-order valence-electron chi connectivity index (χ3n) is 2.82. The fourth-order valence-electron chi connectivity index (χ4n) is 1.85. The predicted octanol–water partition coefficient (Wildman–Crippen LogP) is -1.46. The van der Waals surface area contributed by atoms with Gasteiger partial charge in [0.2, 0.25) is 0 Å². The minimum atomic E-state index is -0.676. The quantitative estimate of drug-likeness (QED) is 0.369. The largest absolute Gasteiger partial charge is 4.00 e. The molecule has 2 aliphatic carbocycles. The van der Waals surface area contributed by atoms with E-state index in [0.717, 1.165) is 22.9 Å². The Balaban J connectivity index is -0.000000270. The number of rotatable bonds is 2. The van der Waals surface area contributed by atoms with Gasteiger partial charge in [-0.25, -0.2) is 33.6 Å². The molecule has 0 aromatic carbocycles. The van der Waals surface area contributed by atoms with Crippen LogP contribution >= 0.6 is 23.2 Å². The van der Waals surface area contributed by atoms with E-state index in [0.29, 0.717) is 0 Å². The van der Waals surface area contributed by atoms with E-state index in [2.05, 4.69) is 38.3 Å². The molecular weight excluding hydrogens is 414 g/mol. The Labute approximate surface area is 170 Å². The first-order valence-corrected chi connectivity index (χ1v) is 12.9. The minimum absolute atomic E-state index is 0. The van der Waals surface area contributed by atoms with Crippen LogP contribution in [0.25, 0.3) is 0 Å². The van der Waals surface area contributed by atoms with E-state index in [9.17, 15) is 0 Å². The molecule has 116 valence electrons. The number of halogens is 4. The zero-order valence-corrected chi connectivity index (χ0v) is 19.6. The molecule has 0 fully saturated rings. The van der Waals surface area contributed by atoms with Crippen LogP contribution < -0.4 is 24.8 Å². The molecule has 0 heterocycles. The van der Waals surface area contributed by atoms with Crippen LogP contribution in [-0.4, -0.2) is 17.6 Å². The molecule has 0 spiro atoms. The molecule has 0 saturated heterocycles. The average Bonchev–Trinajstić information content (AvgIpc) is 2.87. The SMILES string of the molecule is C[SiH](C)C1=[C-]CC=C1Cl.C[SiH](C)C1=[C-]CC=C1Cl.[Cl-].[Cl-].[Ti+4]. The van der Waals surface area contributed by atoms with Crippen LogP contribution in [0.3, 0.4) is 0 Å². The number of hydrogen-bond acceptors (Lipinski definition) is 0. The molecule has 2 aliphatic rings. The van der Waals surface area contributed by atoms with Gasteiger partial charge in [-0.1, -0.05) is 26.2 Å². The summed E-state index contributed by atoms with van der Waals surface area (Å²) < 4.78 is 0. The summed E-state index contributed by atoms with van der Waals surface area (Å²) in [6.45, 7) is 9.07. The van der Waals surface area contributed by atoms with Crippen molar-refractivity contribution in [1.29, 1.82) is 0 Å². The molecule has 0 nitrogen and oxygen atoms in total. The maximum absolute atomic E-state index is 5.87. The number of allylic oxidation sites excluding steroid dienone is 8. The fourth-order valence-corrected chi connectivity index (χ4v) is 5.84.